The van der Waals surface area contributed by atoms with Gasteiger partial charge in [-0.05, 0) is 42.5 Å². The summed E-state index contributed by atoms with van der Waals surface area (Å²) in [5.74, 6) is 0.0978. The third-order valence-corrected chi connectivity index (χ3v) is 6.97. The molecule has 1 aliphatic rings. The van der Waals surface area contributed by atoms with Crippen molar-refractivity contribution in [2.24, 2.45) is 0 Å². The van der Waals surface area contributed by atoms with Gasteiger partial charge < -0.3 is 10.1 Å². The third-order valence-electron chi connectivity index (χ3n) is 5.05. The zero-order valence-corrected chi connectivity index (χ0v) is 17.0. The molecule has 1 unspecified atom stereocenters. The Labute approximate surface area is 166 Å². The van der Waals surface area contributed by atoms with E-state index >= 15 is 0 Å². The maximum Gasteiger partial charge on any atom is 0.251 e. The summed E-state index contributed by atoms with van der Waals surface area (Å²) in [5, 5.41) is 2.89. The molecular formula is C21H26N2O4S. The van der Waals surface area contributed by atoms with Crippen LogP contribution in [0.1, 0.15) is 41.6 Å². The van der Waals surface area contributed by atoms with Crippen molar-refractivity contribution >= 4 is 15.9 Å². The minimum Gasteiger partial charge on any atom is -0.495 e. The Bertz CT molecular complexity index is 923. The topological polar surface area (TPSA) is 75.7 Å². The molecule has 6 nitrogen and oxygen atoms in total. The minimum absolute atomic E-state index is 0.0423. The maximum absolute atomic E-state index is 13.0. The molecule has 0 radical (unpaired) electrons. The second kappa shape index (κ2) is 8.75. The fraction of sp³-hybridized carbons (Fsp3) is 0.381. The van der Waals surface area contributed by atoms with E-state index in [0.717, 1.165) is 18.4 Å². The van der Waals surface area contributed by atoms with Gasteiger partial charge in [0.25, 0.3) is 5.91 Å². The molecular weight excluding hydrogens is 376 g/mol. The molecule has 1 saturated heterocycles. The van der Waals surface area contributed by atoms with Crippen LogP contribution >= 0.6 is 0 Å². The molecule has 3 rings (SSSR count). The molecule has 2 aromatic carbocycles. The Hall–Kier alpha value is -2.38. The summed E-state index contributed by atoms with van der Waals surface area (Å²) in [7, 11) is -2.25. The number of nitrogens with zero attached hydrogens (tertiary/aromatic N) is 1. The van der Waals surface area contributed by atoms with E-state index in [9.17, 15) is 13.2 Å². The van der Waals surface area contributed by atoms with E-state index in [2.05, 4.69) is 5.32 Å². The third kappa shape index (κ3) is 4.36. The number of rotatable bonds is 7. The summed E-state index contributed by atoms with van der Waals surface area (Å²) in [4.78, 5) is 12.7. The van der Waals surface area contributed by atoms with E-state index in [1.807, 2.05) is 37.3 Å². The molecule has 2 aromatic rings. The molecule has 1 heterocycles. The lowest BCUT2D eigenvalue weighted by molar-refractivity contribution is 0.0951. The lowest BCUT2D eigenvalue weighted by Crippen LogP contribution is -2.30. The molecule has 0 aliphatic carbocycles. The van der Waals surface area contributed by atoms with Crippen molar-refractivity contribution in [1.82, 2.24) is 9.62 Å². The maximum atomic E-state index is 13.0. The minimum atomic E-state index is -3.68. The number of carbonyl (C=O) groups is 1. The van der Waals surface area contributed by atoms with Crippen molar-refractivity contribution in [1.29, 1.82) is 0 Å². The highest BCUT2D eigenvalue weighted by atomic mass is 32.2. The highest BCUT2D eigenvalue weighted by molar-refractivity contribution is 7.89. The van der Waals surface area contributed by atoms with Gasteiger partial charge in [0.05, 0.1) is 7.11 Å². The number of benzene rings is 2. The Balaban J connectivity index is 1.77. The molecule has 1 fully saturated rings. The smallest absolute Gasteiger partial charge is 0.251 e. The van der Waals surface area contributed by atoms with E-state index in [4.69, 9.17) is 4.74 Å². The summed E-state index contributed by atoms with van der Waals surface area (Å²) in [6.45, 7) is 3.49. The van der Waals surface area contributed by atoms with Crippen LogP contribution < -0.4 is 10.1 Å². The first-order valence-electron chi connectivity index (χ1n) is 9.45. The zero-order valence-electron chi connectivity index (χ0n) is 16.2. The average molecular weight is 403 g/mol. The number of carbonyl (C=O) groups excluding carboxylic acids is 1. The van der Waals surface area contributed by atoms with E-state index in [-0.39, 0.29) is 22.5 Å². The quantitative estimate of drug-likeness (QED) is 0.772. The molecule has 7 heteroatoms. The number of ether oxygens (including phenoxy) is 1. The average Bonchev–Trinajstić information content (AvgIpc) is 3.27. The van der Waals surface area contributed by atoms with Gasteiger partial charge in [0.2, 0.25) is 10.0 Å². The molecule has 150 valence electrons. The van der Waals surface area contributed by atoms with E-state index in [1.165, 1.54) is 17.5 Å². The summed E-state index contributed by atoms with van der Waals surface area (Å²) >= 11 is 0. The van der Waals surface area contributed by atoms with Gasteiger partial charge in [-0.15, -0.1) is 0 Å². The zero-order chi connectivity index (χ0) is 20.1. The van der Waals surface area contributed by atoms with Crippen LogP contribution in [-0.4, -0.2) is 45.4 Å². The Morgan fingerprint density at radius 1 is 1.14 bits per heavy atom. The molecule has 0 saturated carbocycles. The van der Waals surface area contributed by atoms with Crippen molar-refractivity contribution in [3.05, 3.63) is 59.7 Å². The monoisotopic (exact) mass is 402 g/mol. The Morgan fingerprint density at radius 2 is 1.82 bits per heavy atom. The molecule has 1 amide bonds. The van der Waals surface area contributed by atoms with Gasteiger partial charge in [0.15, 0.2) is 0 Å². The summed E-state index contributed by atoms with van der Waals surface area (Å²) in [6, 6.07) is 14.5. The fourth-order valence-electron chi connectivity index (χ4n) is 3.33. The van der Waals surface area contributed by atoms with Crippen LogP contribution in [0.25, 0.3) is 0 Å². The molecule has 1 aliphatic heterocycles. The second-order valence-corrected chi connectivity index (χ2v) is 8.90. The SMILES string of the molecule is COc1ccc(C(=O)NCC(C)c2ccccc2)cc1S(=O)(=O)N1CCCC1. The lowest BCUT2D eigenvalue weighted by Gasteiger charge is -2.18. The van der Waals surface area contributed by atoms with Crippen molar-refractivity contribution in [3.63, 3.8) is 0 Å². The van der Waals surface area contributed by atoms with Crippen LogP contribution in [0.2, 0.25) is 0 Å². The van der Waals surface area contributed by atoms with Gasteiger partial charge in [-0.2, -0.15) is 4.31 Å². The van der Waals surface area contributed by atoms with Crippen molar-refractivity contribution in [2.45, 2.75) is 30.6 Å². The van der Waals surface area contributed by atoms with E-state index < -0.39 is 10.0 Å². The van der Waals surface area contributed by atoms with Crippen LogP contribution in [0.3, 0.4) is 0 Å². The number of methoxy groups -OCH3 is 1. The molecule has 0 spiro atoms. The number of hydrogen-bond donors (Lipinski definition) is 1. The van der Waals surface area contributed by atoms with E-state index in [0.29, 0.717) is 25.2 Å². The number of sulfonamides is 1. The van der Waals surface area contributed by atoms with Crippen LogP contribution in [0.4, 0.5) is 0 Å². The van der Waals surface area contributed by atoms with Crippen molar-refractivity contribution in [2.75, 3.05) is 26.7 Å². The number of hydrogen-bond acceptors (Lipinski definition) is 4. The van der Waals surface area contributed by atoms with Crippen LogP contribution in [0, 0.1) is 0 Å². The highest BCUT2D eigenvalue weighted by Gasteiger charge is 2.30. The first-order chi connectivity index (χ1) is 13.4. The second-order valence-electron chi connectivity index (χ2n) is 7.00. The predicted octanol–water partition coefficient (Wildman–Crippen LogP) is 3.01. The van der Waals surface area contributed by atoms with Gasteiger partial charge in [-0.3, -0.25) is 4.79 Å². The largest absolute Gasteiger partial charge is 0.495 e. The van der Waals surface area contributed by atoms with Gasteiger partial charge >= 0.3 is 0 Å². The van der Waals surface area contributed by atoms with Crippen molar-refractivity contribution in [3.8, 4) is 5.75 Å². The Kier molecular flexibility index (Phi) is 6.36. The predicted molar refractivity (Wildman–Crippen MR) is 108 cm³/mol. The van der Waals surface area contributed by atoms with Crippen molar-refractivity contribution < 1.29 is 17.9 Å². The lowest BCUT2D eigenvalue weighted by atomic mass is 10.0. The van der Waals surface area contributed by atoms with Gasteiger partial charge in [-0.25, -0.2) is 8.42 Å². The van der Waals surface area contributed by atoms with Gasteiger partial charge in [-0.1, -0.05) is 37.3 Å². The summed E-state index contributed by atoms with van der Waals surface area (Å²) < 4.78 is 32.6. The van der Waals surface area contributed by atoms with Crippen LogP contribution in [0.15, 0.2) is 53.4 Å². The number of amides is 1. The summed E-state index contributed by atoms with van der Waals surface area (Å²) in [6.07, 6.45) is 1.69. The Morgan fingerprint density at radius 3 is 2.46 bits per heavy atom. The summed E-state index contributed by atoms with van der Waals surface area (Å²) in [5.41, 5.74) is 1.44. The highest BCUT2D eigenvalue weighted by Crippen LogP contribution is 2.30. The fourth-order valence-corrected chi connectivity index (χ4v) is 5.03. The van der Waals surface area contributed by atoms with Gasteiger partial charge in [0.1, 0.15) is 10.6 Å². The first kappa shape index (κ1) is 20.4. The van der Waals surface area contributed by atoms with Crippen LogP contribution in [0.5, 0.6) is 5.75 Å². The molecule has 1 atom stereocenters. The molecule has 28 heavy (non-hydrogen) atoms. The van der Waals surface area contributed by atoms with E-state index in [1.54, 1.807) is 12.1 Å². The molecule has 1 N–H and O–H groups in total. The first-order valence-corrected chi connectivity index (χ1v) is 10.9. The number of nitrogens with one attached hydrogen (secondary N) is 1. The normalized spacial score (nSPS) is 15.9. The standard InChI is InChI=1S/C21H26N2O4S/c1-16(17-8-4-3-5-9-17)15-22-21(24)18-10-11-19(27-2)20(14-18)28(25,26)23-12-6-7-13-23/h3-5,8-11,14,16H,6-7,12-13,15H2,1-2H3,(H,22,24). The van der Waals surface area contributed by atoms with Gasteiger partial charge in [0, 0.05) is 25.2 Å². The molecule has 0 bridgehead atoms. The molecule has 0 aromatic heterocycles. The van der Waals surface area contributed by atoms with Crippen LogP contribution in [-0.2, 0) is 10.0 Å².